The maximum atomic E-state index is 13.1. The van der Waals surface area contributed by atoms with Crippen molar-refractivity contribution in [3.63, 3.8) is 0 Å². The van der Waals surface area contributed by atoms with E-state index in [0.717, 1.165) is 32.4 Å². The van der Waals surface area contributed by atoms with E-state index in [2.05, 4.69) is 14.9 Å². The van der Waals surface area contributed by atoms with Crippen LogP contribution in [0, 0.1) is 11.3 Å². The highest BCUT2D eigenvalue weighted by molar-refractivity contribution is 5.86. The second-order valence-electron chi connectivity index (χ2n) is 7.87. The lowest BCUT2D eigenvalue weighted by molar-refractivity contribution is -0.147. The number of rotatable bonds is 4. The summed E-state index contributed by atoms with van der Waals surface area (Å²) in [7, 11) is 0. The van der Waals surface area contributed by atoms with E-state index in [1.54, 1.807) is 18.6 Å². The van der Waals surface area contributed by atoms with Crippen LogP contribution in [0.1, 0.15) is 44.2 Å². The predicted octanol–water partition coefficient (Wildman–Crippen LogP) is 1.66. The molecule has 4 rings (SSSR count). The summed E-state index contributed by atoms with van der Waals surface area (Å²) in [5.74, 6) is 1.05. The number of piperidine rings is 1. The average Bonchev–Trinajstić information content (AvgIpc) is 3.01. The predicted molar refractivity (Wildman–Crippen MR) is 92.5 cm³/mol. The Labute approximate surface area is 148 Å². The Morgan fingerprint density at radius 3 is 2.80 bits per heavy atom. The van der Waals surface area contributed by atoms with Gasteiger partial charge in [0.15, 0.2) is 0 Å². The van der Waals surface area contributed by atoms with E-state index in [1.165, 1.54) is 19.3 Å². The fraction of sp³-hybridized carbons (Fsp3) is 0.684. The van der Waals surface area contributed by atoms with Gasteiger partial charge in [0.25, 0.3) is 0 Å². The van der Waals surface area contributed by atoms with Crippen molar-refractivity contribution in [2.75, 3.05) is 26.2 Å². The number of hydrogen-bond acceptors (Lipinski definition) is 4. The molecule has 1 saturated carbocycles. The van der Waals surface area contributed by atoms with Gasteiger partial charge in [-0.05, 0) is 38.0 Å². The third-order valence-electron chi connectivity index (χ3n) is 6.18. The van der Waals surface area contributed by atoms with Crippen LogP contribution in [0.2, 0.25) is 0 Å². The van der Waals surface area contributed by atoms with Crippen molar-refractivity contribution in [2.24, 2.45) is 11.3 Å². The molecule has 6 nitrogen and oxygen atoms in total. The van der Waals surface area contributed by atoms with Gasteiger partial charge in [0.05, 0.1) is 17.5 Å². The van der Waals surface area contributed by atoms with Gasteiger partial charge < -0.3 is 9.80 Å². The van der Waals surface area contributed by atoms with Crippen LogP contribution in [0.5, 0.6) is 0 Å². The Balaban J connectivity index is 1.39. The second-order valence-corrected chi connectivity index (χ2v) is 7.87. The van der Waals surface area contributed by atoms with Crippen molar-refractivity contribution < 1.29 is 9.59 Å². The summed E-state index contributed by atoms with van der Waals surface area (Å²) in [5, 5.41) is 0. The van der Waals surface area contributed by atoms with Gasteiger partial charge >= 0.3 is 0 Å². The zero-order valence-corrected chi connectivity index (χ0v) is 14.7. The monoisotopic (exact) mass is 342 g/mol. The minimum absolute atomic E-state index is 0.0568. The molecule has 0 aromatic carbocycles. The van der Waals surface area contributed by atoms with Gasteiger partial charge in [-0.2, -0.15) is 0 Å². The lowest BCUT2D eigenvalue weighted by atomic mass is 9.77. The zero-order chi connectivity index (χ0) is 17.3. The van der Waals surface area contributed by atoms with Gasteiger partial charge in [0, 0.05) is 44.8 Å². The molecule has 1 atom stereocenters. The highest BCUT2D eigenvalue weighted by Crippen LogP contribution is 2.41. The number of carbonyl (C=O) groups excluding carboxylic acids is 2. The molecular formula is C19H26N4O2. The topological polar surface area (TPSA) is 66.4 Å². The number of nitrogens with zero attached hydrogens (tertiary/aromatic N) is 4. The molecule has 2 saturated heterocycles. The maximum Gasteiger partial charge on any atom is 0.230 e. The Morgan fingerprint density at radius 2 is 2.08 bits per heavy atom. The molecule has 1 aromatic rings. The maximum absolute atomic E-state index is 13.1. The van der Waals surface area contributed by atoms with Crippen LogP contribution in [-0.2, 0) is 16.0 Å². The van der Waals surface area contributed by atoms with Crippen LogP contribution in [-0.4, -0.2) is 57.8 Å². The van der Waals surface area contributed by atoms with E-state index in [-0.39, 0.29) is 17.7 Å². The van der Waals surface area contributed by atoms with Crippen LogP contribution in [0.4, 0.5) is 0 Å². The number of likely N-dealkylation sites (tertiary alicyclic amines) is 2. The molecule has 6 heteroatoms. The lowest BCUT2D eigenvalue weighted by Gasteiger charge is -2.42. The first-order chi connectivity index (χ1) is 12.2. The van der Waals surface area contributed by atoms with Crippen molar-refractivity contribution in [2.45, 2.75) is 44.9 Å². The van der Waals surface area contributed by atoms with Crippen LogP contribution >= 0.6 is 0 Å². The van der Waals surface area contributed by atoms with E-state index < -0.39 is 0 Å². The fourth-order valence-electron chi connectivity index (χ4n) is 4.47. The molecule has 0 radical (unpaired) electrons. The summed E-state index contributed by atoms with van der Waals surface area (Å²) in [4.78, 5) is 37.9. The number of carbonyl (C=O) groups is 2. The Kier molecular flexibility index (Phi) is 4.44. The Hall–Kier alpha value is -1.98. The highest BCUT2D eigenvalue weighted by Gasteiger charge is 2.49. The Morgan fingerprint density at radius 1 is 1.20 bits per heavy atom. The SMILES string of the molecule is O=C(Cc1cnccn1)N1CC[C@]2(CCCN(CC3CCC3)C2=O)C1. The second kappa shape index (κ2) is 6.73. The summed E-state index contributed by atoms with van der Waals surface area (Å²) in [6.07, 6.45) is 11.7. The largest absolute Gasteiger partial charge is 0.342 e. The first-order valence-electron chi connectivity index (χ1n) is 9.48. The van der Waals surface area contributed by atoms with E-state index in [0.29, 0.717) is 30.6 Å². The first-order valence-corrected chi connectivity index (χ1v) is 9.48. The molecule has 2 amide bonds. The summed E-state index contributed by atoms with van der Waals surface area (Å²) >= 11 is 0. The van der Waals surface area contributed by atoms with Gasteiger partial charge in [-0.15, -0.1) is 0 Å². The molecule has 134 valence electrons. The highest BCUT2D eigenvalue weighted by atomic mass is 16.2. The van der Waals surface area contributed by atoms with Crippen molar-refractivity contribution >= 4 is 11.8 Å². The third-order valence-corrected chi connectivity index (χ3v) is 6.18. The molecule has 3 heterocycles. The molecule has 1 aliphatic carbocycles. The van der Waals surface area contributed by atoms with Crippen molar-refractivity contribution in [3.05, 3.63) is 24.3 Å². The molecule has 0 unspecified atom stereocenters. The van der Waals surface area contributed by atoms with Gasteiger partial charge in [0.1, 0.15) is 0 Å². The van der Waals surface area contributed by atoms with Crippen molar-refractivity contribution in [1.29, 1.82) is 0 Å². The van der Waals surface area contributed by atoms with E-state index in [4.69, 9.17) is 0 Å². The van der Waals surface area contributed by atoms with Gasteiger partial charge in [-0.3, -0.25) is 19.6 Å². The van der Waals surface area contributed by atoms with Crippen molar-refractivity contribution in [3.8, 4) is 0 Å². The smallest absolute Gasteiger partial charge is 0.230 e. The summed E-state index contributed by atoms with van der Waals surface area (Å²) in [6.45, 7) is 3.08. The third kappa shape index (κ3) is 3.26. The Bertz CT molecular complexity index is 646. The molecule has 3 fully saturated rings. The molecule has 0 bridgehead atoms. The van der Waals surface area contributed by atoms with Crippen LogP contribution < -0.4 is 0 Å². The summed E-state index contributed by atoms with van der Waals surface area (Å²) in [6, 6.07) is 0. The van der Waals surface area contributed by atoms with Crippen molar-refractivity contribution in [1.82, 2.24) is 19.8 Å². The fourth-order valence-corrected chi connectivity index (χ4v) is 4.47. The van der Waals surface area contributed by atoms with E-state index in [1.807, 2.05) is 4.90 Å². The van der Waals surface area contributed by atoms with Crippen LogP contribution in [0.25, 0.3) is 0 Å². The van der Waals surface area contributed by atoms with Gasteiger partial charge in [-0.1, -0.05) is 6.42 Å². The molecule has 0 N–H and O–H groups in total. The molecule has 3 aliphatic rings. The number of hydrogen-bond donors (Lipinski definition) is 0. The van der Waals surface area contributed by atoms with E-state index >= 15 is 0 Å². The standard InChI is InChI=1S/C19H26N4O2/c24-17(11-16-12-20-7-8-21-16)23-10-6-19(14-23)5-2-9-22(18(19)25)13-15-3-1-4-15/h7-8,12,15H,1-6,9-11,13-14H2/t19-/m1/s1. The summed E-state index contributed by atoms with van der Waals surface area (Å²) < 4.78 is 0. The molecule has 1 spiro atoms. The van der Waals surface area contributed by atoms with Gasteiger partial charge in [-0.25, -0.2) is 0 Å². The van der Waals surface area contributed by atoms with E-state index in [9.17, 15) is 9.59 Å². The summed E-state index contributed by atoms with van der Waals surface area (Å²) in [5.41, 5.74) is 0.357. The first kappa shape index (κ1) is 16.5. The molecule has 25 heavy (non-hydrogen) atoms. The average molecular weight is 342 g/mol. The van der Waals surface area contributed by atoms with Gasteiger partial charge in [0.2, 0.25) is 11.8 Å². The molecule has 1 aromatic heterocycles. The number of aromatic nitrogens is 2. The normalized spacial score (nSPS) is 27.0. The lowest BCUT2D eigenvalue weighted by Crippen LogP contribution is -2.52. The van der Waals surface area contributed by atoms with Crippen LogP contribution in [0.15, 0.2) is 18.6 Å². The number of amides is 2. The van der Waals surface area contributed by atoms with Crippen LogP contribution in [0.3, 0.4) is 0 Å². The quantitative estimate of drug-likeness (QED) is 0.835. The molecular weight excluding hydrogens is 316 g/mol. The zero-order valence-electron chi connectivity index (χ0n) is 14.7. The minimum atomic E-state index is -0.333. The minimum Gasteiger partial charge on any atom is -0.342 e. The molecule has 2 aliphatic heterocycles.